The molecule has 0 radical (unpaired) electrons. The number of hydrogen-bond acceptors (Lipinski definition) is 10. The number of aromatic nitrogens is 4. The summed E-state index contributed by atoms with van der Waals surface area (Å²) in [6.45, 7) is -0.537. The van der Waals surface area contributed by atoms with Gasteiger partial charge in [-0.2, -0.15) is 26.3 Å². The lowest BCUT2D eigenvalue weighted by molar-refractivity contribution is -0.384. The van der Waals surface area contributed by atoms with Crippen molar-refractivity contribution in [3.05, 3.63) is 94.0 Å². The third-order valence-electron chi connectivity index (χ3n) is 6.52. The third-order valence-corrected chi connectivity index (χ3v) is 6.52. The number of pyridine rings is 1. The Labute approximate surface area is 237 Å². The van der Waals surface area contributed by atoms with E-state index in [4.69, 9.17) is 13.6 Å². The summed E-state index contributed by atoms with van der Waals surface area (Å²) in [6, 6.07) is 7.06. The zero-order valence-corrected chi connectivity index (χ0v) is 21.7. The van der Waals surface area contributed by atoms with Crippen LogP contribution in [0.5, 0.6) is 0 Å². The average Bonchev–Trinajstić information content (AvgIpc) is 3.66. The van der Waals surface area contributed by atoms with Crippen LogP contribution in [0.3, 0.4) is 0 Å². The maximum Gasteiger partial charge on any atom is 0.426 e. The molecule has 226 valence electrons. The summed E-state index contributed by atoms with van der Waals surface area (Å²) in [5.41, 5.74) is -6.47. The highest BCUT2D eigenvalue weighted by Crippen LogP contribution is 2.47. The number of fused-ring (bicyclic) bond motifs is 5. The Morgan fingerprint density at radius 1 is 1.12 bits per heavy atom. The fourth-order valence-electron chi connectivity index (χ4n) is 4.37. The summed E-state index contributed by atoms with van der Waals surface area (Å²) in [4.78, 5) is 18.4. The van der Waals surface area contributed by atoms with E-state index in [0.29, 0.717) is 5.56 Å². The van der Waals surface area contributed by atoms with E-state index < -0.39 is 76.5 Å². The van der Waals surface area contributed by atoms with Crippen molar-refractivity contribution in [3.8, 4) is 11.6 Å². The number of rotatable bonds is 5. The predicted molar refractivity (Wildman–Crippen MR) is 134 cm³/mol. The first kappa shape index (κ1) is 29.7. The van der Waals surface area contributed by atoms with Crippen LogP contribution < -0.4 is 5.32 Å². The molecule has 1 aromatic carbocycles. The number of benzene rings is 1. The van der Waals surface area contributed by atoms with Crippen molar-refractivity contribution in [1.82, 2.24) is 20.2 Å². The van der Waals surface area contributed by atoms with E-state index in [1.165, 1.54) is 36.7 Å². The second-order valence-electron chi connectivity index (χ2n) is 9.34. The molecule has 0 aliphatic carbocycles. The number of alkyl halides is 6. The van der Waals surface area contributed by atoms with Crippen LogP contribution in [0, 0.1) is 10.1 Å². The Kier molecular flexibility index (Phi) is 7.92. The normalized spacial score (nSPS) is 19.4. The van der Waals surface area contributed by atoms with Gasteiger partial charge in [0.15, 0.2) is 0 Å². The predicted octanol–water partition coefficient (Wildman–Crippen LogP) is 6.91. The van der Waals surface area contributed by atoms with E-state index in [1.807, 2.05) is 0 Å². The van der Waals surface area contributed by atoms with E-state index in [9.17, 15) is 36.5 Å². The molecule has 0 fully saturated rings. The molecule has 43 heavy (non-hydrogen) atoms. The molecule has 3 aromatic heterocycles. The summed E-state index contributed by atoms with van der Waals surface area (Å²) >= 11 is 0. The maximum atomic E-state index is 14.8. The van der Waals surface area contributed by atoms with E-state index in [2.05, 4.69) is 25.5 Å². The molecular weight excluding hydrogens is 590 g/mol. The maximum absolute atomic E-state index is 14.8. The monoisotopic (exact) mass is 610 g/mol. The highest BCUT2D eigenvalue weighted by molar-refractivity contribution is 5.68. The molecule has 1 aliphatic rings. The van der Waals surface area contributed by atoms with Crippen molar-refractivity contribution in [1.29, 1.82) is 0 Å². The Bertz CT molecular complexity index is 1610. The van der Waals surface area contributed by atoms with Crippen molar-refractivity contribution < 1.29 is 44.8 Å². The Balaban J connectivity index is 1.70. The van der Waals surface area contributed by atoms with Crippen molar-refractivity contribution in [3.63, 3.8) is 0 Å². The van der Waals surface area contributed by atoms with Crippen molar-refractivity contribution >= 4 is 11.5 Å². The lowest BCUT2D eigenvalue weighted by Gasteiger charge is -2.31. The van der Waals surface area contributed by atoms with Gasteiger partial charge in [-0.25, -0.2) is 9.97 Å². The number of anilines is 1. The second-order valence-corrected chi connectivity index (χ2v) is 9.34. The lowest BCUT2D eigenvalue weighted by Crippen LogP contribution is -2.45. The first-order valence-electron chi connectivity index (χ1n) is 12.6. The molecule has 11 nitrogen and oxygen atoms in total. The summed E-state index contributed by atoms with van der Waals surface area (Å²) in [7, 11) is 0. The van der Waals surface area contributed by atoms with Gasteiger partial charge >= 0.3 is 18.0 Å². The molecule has 1 aliphatic heterocycles. The van der Waals surface area contributed by atoms with Gasteiger partial charge in [-0.3, -0.25) is 10.1 Å². The second kappa shape index (κ2) is 11.5. The number of halogens is 6. The molecular formula is C26H20F6N6O5. The van der Waals surface area contributed by atoms with Crippen LogP contribution in [0.15, 0.2) is 69.8 Å². The van der Waals surface area contributed by atoms with Crippen LogP contribution in [-0.2, 0) is 23.1 Å². The van der Waals surface area contributed by atoms with Crippen molar-refractivity contribution in [2.24, 2.45) is 0 Å². The van der Waals surface area contributed by atoms with E-state index in [0.717, 1.165) is 0 Å². The van der Waals surface area contributed by atoms with Gasteiger partial charge in [-0.1, -0.05) is 42.5 Å². The molecule has 4 heterocycles. The van der Waals surface area contributed by atoms with Gasteiger partial charge in [-0.05, 0) is 18.4 Å². The first-order valence-corrected chi connectivity index (χ1v) is 12.6. The summed E-state index contributed by atoms with van der Waals surface area (Å²) < 4.78 is 103. The van der Waals surface area contributed by atoms with Gasteiger partial charge < -0.3 is 18.9 Å². The Morgan fingerprint density at radius 3 is 2.53 bits per heavy atom. The molecule has 4 bridgehead atoms. The Hall–Kier alpha value is -4.80. The molecule has 1 unspecified atom stereocenters. The largest absolute Gasteiger partial charge is 0.447 e. The number of nitrogens with zero attached hydrogens (tertiary/aromatic N) is 5. The van der Waals surface area contributed by atoms with Crippen molar-refractivity contribution in [2.75, 3.05) is 5.32 Å². The fraction of sp³-hybridized carbons (Fsp3) is 0.308. The molecule has 0 saturated carbocycles. The number of ether oxygens (including phenoxy) is 1. The van der Waals surface area contributed by atoms with Crippen LogP contribution in [-0.4, -0.2) is 31.3 Å². The van der Waals surface area contributed by atoms with Crippen LogP contribution in [0.25, 0.3) is 11.6 Å². The molecule has 17 heteroatoms. The zero-order chi connectivity index (χ0) is 30.8. The van der Waals surface area contributed by atoms with Gasteiger partial charge in [0, 0.05) is 12.5 Å². The standard InChI is InChI=1S/C26H20F6N6O5/c27-25(28,29)16-13-18(38(39)40)19-22-36-37-23(43-22)24(26(30,31)32,42-14-15-7-3-1-4-8-15)10-6-2-5-9-17(34-20(16)35-19)21-33-11-12-41-21/h1-4,6-8,11-13,17H,5,9-10,14H2,(H,34,35)/t17?,24-/m1/s1. The van der Waals surface area contributed by atoms with Crippen LogP contribution in [0.1, 0.15) is 48.2 Å². The minimum Gasteiger partial charge on any atom is -0.447 e. The summed E-state index contributed by atoms with van der Waals surface area (Å²) in [6.07, 6.45) is -6.10. The van der Waals surface area contributed by atoms with E-state index in [-0.39, 0.29) is 24.8 Å². The Morgan fingerprint density at radius 2 is 1.88 bits per heavy atom. The van der Waals surface area contributed by atoms with Crippen molar-refractivity contribution in [2.45, 2.75) is 49.9 Å². The number of nitro groups is 1. The number of hydrogen-bond donors (Lipinski definition) is 1. The average molecular weight is 610 g/mol. The number of allylic oxidation sites excluding steroid dienone is 1. The van der Waals surface area contributed by atoms with Gasteiger partial charge in [0.25, 0.3) is 11.8 Å². The van der Waals surface area contributed by atoms with Gasteiger partial charge in [0.2, 0.25) is 17.2 Å². The number of oxazole rings is 1. The van der Waals surface area contributed by atoms with Crippen LogP contribution >= 0.6 is 0 Å². The molecule has 0 saturated heterocycles. The van der Waals surface area contributed by atoms with Crippen LogP contribution in [0.4, 0.5) is 37.8 Å². The van der Waals surface area contributed by atoms with E-state index in [1.54, 1.807) is 18.2 Å². The zero-order valence-electron chi connectivity index (χ0n) is 21.7. The molecule has 0 amide bonds. The van der Waals surface area contributed by atoms with Gasteiger partial charge in [-0.15, -0.1) is 10.2 Å². The summed E-state index contributed by atoms with van der Waals surface area (Å²) in [5.74, 6) is -2.98. The SMILES string of the molecule is O=[N+]([O-])c1cc(C(F)(F)F)c2nc1-c1nnc(o1)[C@@](OCc1ccccc1)(C(F)(F)F)CC=CCCC(c1ncco1)N2. The third kappa shape index (κ3) is 6.06. The molecule has 5 rings (SSSR count). The first-order chi connectivity index (χ1) is 20.4. The molecule has 1 N–H and O–H groups in total. The topological polar surface area (TPSA) is 142 Å². The van der Waals surface area contributed by atoms with Gasteiger partial charge in [0.05, 0.1) is 17.7 Å². The van der Waals surface area contributed by atoms with E-state index >= 15 is 0 Å². The fourth-order valence-corrected chi connectivity index (χ4v) is 4.37. The minimum atomic E-state index is -5.15. The van der Waals surface area contributed by atoms with Gasteiger partial charge in [0.1, 0.15) is 23.7 Å². The summed E-state index contributed by atoms with van der Waals surface area (Å²) in [5, 5.41) is 21.4. The number of nitrogens with one attached hydrogen (secondary N) is 1. The molecule has 0 spiro atoms. The molecule has 2 atom stereocenters. The highest BCUT2D eigenvalue weighted by Gasteiger charge is 2.61. The highest BCUT2D eigenvalue weighted by atomic mass is 19.4. The quantitative estimate of drug-likeness (QED) is 0.110. The van der Waals surface area contributed by atoms with Crippen LogP contribution in [0.2, 0.25) is 0 Å². The minimum absolute atomic E-state index is 0.00933. The molecule has 4 aromatic rings. The lowest BCUT2D eigenvalue weighted by atomic mass is 9.97. The smallest absolute Gasteiger partial charge is 0.426 e.